The smallest absolute Gasteiger partial charge is 0.297 e. The van der Waals surface area contributed by atoms with Crippen molar-refractivity contribution >= 4 is 10.9 Å². The van der Waals surface area contributed by atoms with E-state index in [1.54, 1.807) is 12.3 Å². The average Bonchev–Trinajstić information content (AvgIpc) is 3.08. The van der Waals surface area contributed by atoms with Gasteiger partial charge >= 0.3 is 0 Å². The predicted octanol–water partition coefficient (Wildman–Crippen LogP) is 2.06. The molecule has 4 heterocycles. The Morgan fingerprint density at radius 2 is 2.35 bits per heavy atom. The van der Waals surface area contributed by atoms with E-state index in [0.29, 0.717) is 30.5 Å². The first-order valence-corrected chi connectivity index (χ1v) is 9.04. The van der Waals surface area contributed by atoms with Crippen molar-refractivity contribution in [2.75, 3.05) is 19.7 Å². The number of hydrogen-bond acceptors (Lipinski definition) is 6. The molecule has 26 heavy (non-hydrogen) atoms. The van der Waals surface area contributed by atoms with Crippen molar-refractivity contribution in [3.8, 4) is 11.9 Å². The predicted molar refractivity (Wildman–Crippen MR) is 94.5 cm³/mol. The van der Waals surface area contributed by atoms with Gasteiger partial charge in [-0.1, -0.05) is 0 Å². The number of nitrogens with one attached hydrogen (secondary N) is 1. The van der Waals surface area contributed by atoms with Crippen LogP contribution in [-0.2, 0) is 0 Å². The molecule has 0 bridgehead atoms. The summed E-state index contributed by atoms with van der Waals surface area (Å²) in [4.78, 5) is 25.8. The molecule has 0 saturated carbocycles. The van der Waals surface area contributed by atoms with Crippen LogP contribution >= 0.6 is 0 Å². The standard InChI is InChI=1S/C18H23FN4O3/c1-11(2)26-16-14-13(4-6-20-16)21-17(22-15(14)24)25-10-18-5-3-7-23(18)9-12(19)8-18/h4,6,11-12H,3,5,7-10H2,1-2H3,(H,21,22,24)/t12-,18+/m1/s1. The Bertz CT molecular complexity index is 871. The molecule has 0 aromatic carbocycles. The second-order valence-corrected chi connectivity index (χ2v) is 7.41. The molecule has 1 N–H and O–H groups in total. The van der Waals surface area contributed by atoms with Crippen LogP contribution in [0.2, 0.25) is 0 Å². The maximum atomic E-state index is 13.8. The van der Waals surface area contributed by atoms with E-state index in [0.717, 1.165) is 19.4 Å². The van der Waals surface area contributed by atoms with Gasteiger partial charge in [-0.15, -0.1) is 0 Å². The fourth-order valence-electron chi connectivity index (χ4n) is 4.07. The molecule has 4 rings (SSSR count). The van der Waals surface area contributed by atoms with Gasteiger partial charge in [-0.2, -0.15) is 4.98 Å². The molecule has 0 spiro atoms. The second kappa shape index (κ2) is 6.50. The van der Waals surface area contributed by atoms with Gasteiger partial charge in [0.05, 0.1) is 17.2 Å². The summed E-state index contributed by atoms with van der Waals surface area (Å²) in [6.07, 6.45) is 3.05. The van der Waals surface area contributed by atoms with Crippen LogP contribution in [-0.4, -0.2) is 57.4 Å². The number of ether oxygens (including phenoxy) is 2. The number of hydrogen-bond donors (Lipinski definition) is 1. The van der Waals surface area contributed by atoms with Crippen molar-refractivity contribution in [3.05, 3.63) is 22.6 Å². The molecule has 8 heteroatoms. The second-order valence-electron chi connectivity index (χ2n) is 7.41. The Balaban J connectivity index is 1.59. The maximum Gasteiger partial charge on any atom is 0.297 e. The number of halogens is 1. The zero-order valence-electron chi connectivity index (χ0n) is 15.0. The molecule has 0 unspecified atom stereocenters. The Labute approximate surface area is 150 Å². The quantitative estimate of drug-likeness (QED) is 0.877. The molecular formula is C18H23FN4O3. The summed E-state index contributed by atoms with van der Waals surface area (Å²) in [5.74, 6) is 0.259. The molecule has 2 atom stereocenters. The molecule has 7 nitrogen and oxygen atoms in total. The number of aromatic nitrogens is 3. The number of aromatic amines is 1. The summed E-state index contributed by atoms with van der Waals surface area (Å²) in [5, 5.41) is 0.305. The largest absolute Gasteiger partial charge is 0.474 e. The van der Waals surface area contributed by atoms with Crippen molar-refractivity contribution in [1.29, 1.82) is 0 Å². The molecule has 2 aliphatic heterocycles. The highest BCUT2D eigenvalue weighted by Crippen LogP contribution is 2.40. The van der Waals surface area contributed by atoms with Gasteiger partial charge in [0.2, 0.25) is 5.88 Å². The minimum Gasteiger partial charge on any atom is -0.474 e. The normalized spacial score (nSPS) is 25.8. The van der Waals surface area contributed by atoms with Crippen LogP contribution in [0.25, 0.3) is 10.9 Å². The summed E-state index contributed by atoms with van der Waals surface area (Å²) < 4.78 is 25.3. The SMILES string of the molecule is CC(C)Oc1nccc2nc(OC[C@@]34CCCN3C[C@H](F)C4)[nH]c(=O)c12. The lowest BCUT2D eigenvalue weighted by Gasteiger charge is -2.30. The van der Waals surface area contributed by atoms with Crippen LogP contribution in [0.15, 0.2) is 17.1 Å². The number of fused-ring (bicyclic) bond motifs is 2. The van der Waals surface area contributed by atoms with Crippen LogP contribution in [0.4, 0.5) is 4.39 Å². The monoisotopic (exact) mass is 362 g/mol. The molecule has 2 aromatic rings. The number of alkyl halides is 1. The van der Waals surface area contributed by atoms with Crippen molar-refractivity contribution in [1.82, 2.24) is 19.9 Å². The van der Waals surface area contributed by atoms with Gasteiger partial charge in [0, 0.05) is 19.2 Å². The van der Waals surface area contributed by atoms with Gasteiger partial charge in [-0.3, -0.25) is 14.7 Å². The fraction of sp³-hybridized carbons (Fsp3) is 0.611. The van der Waals surface area contributed by atoms with Gasteiger partial charge in [0.15, 0.2) is 0 Å². The molecule has 2 aromatic heterocycles. The molecule has 0 radical (unpaired) electrons. The molecule has 2 fully saturated rings. The topological polar surface area (TPSA) is 80.3 Å². The van der Waals surface area contributed by atoms with E-state index < -0.39 is 6.17 Å². The average molecular weight is 362 g/mol. The molecular weight excluding hydrogens is 339 g/mol. The summed E-state index contributed by atoms with van der Waals surface area (Å²) >= 11 is 0. The van der Waals surface area contributed by atoms with Crippen molar-refractivity contribution in [2.45, 2.75) is 50.9 Å². The zero-order valence-corrected chi connectivity index (χ0v) is 15.0. The van der Waals surface area contributed by atoms with Crippen LogP contribution in [0, 0.1) is 0 Å². The van der Waals surface area contributed by atoms with E-state index in [9.17, 15) is 9.18 Å². The molecule has 140 valence electrons. The van der Waals surface area contributed by atoms with E-state index in [-0.39, 0.29) is 29.1 Å². The number of nitrogens with zero attached hydrogens (tertiary/aromatic N) is 3. The lowest BCUT2D eigenvalue weighted by atomic mass is 9.95. The summed E-state index contributed by atoms with van der Waals surface area (Å²) in [6.45, 7) is 5.42. The van der Waals surface area contributed by atoms with Crippen LogP contribution in [0.3, 0.4) is 0 Å². The molecule has 2 saturated heterocycles. The summed E-state index contributed by atoms with van der Waals surface area (Å²) in [7, 11) is 0. The van der Waals surface area contributed by atoms with Crippen molar-refractivity contribution < 1.29 is 13.9 Å². The minimum absolute atomic E-state index is 0.105. The molecule has 0 amide bonds. The summed E-state index contributed by atoms with van der Waals surface area (Å²) in [6, 6.07) is 1.80. The van der Waals surface area contributed by atoms with Gasteiger partial charge in [0.1, 0.15) is 18.2 Å². The van der Waals surface area contributed by atoms with E-state index >= 15 is 0 Å². The summed E-state index contributed by atoms with van der Waals surface area (Å²) in [5.41, 5.74) is -0.175. The Morgan fingerprint density at radius 1 is 1.50 bits per heavy atom. The van der Waals surface area contributed by atoms with Gasteiger partial charge in [-0.05, 0) is 39.3 Å². The highest BCUT2D eigenvalue weighted by Gasteiger charge is 2.49. The third-order valence-electron chi connectivity index (χ3n) is 5.15. The maximum absolute atomic E-state index is 13.8. The molecule has 0 aliphatic carbocycles. The lowest BCUT2D eigenvalue weighted by Crippen LogP contribution is -2.43. The number of pyridine rings is 1. The lowest BCUT2D eigenvalue weighted by molar-refractivity contribution is 0.107. The highest BCUT2D eigenvalue weighted by atomic mass is 19.1. The van der Waals surface area contributed by atoms with E-state index in [1.807, 2.05) is 13.8 Å². The third-order valence-corrected chi connectivity index (χ3v) is 5.15. The highest BCUT2D eigenvalue weighted by molar-refractivity contribution is 5.82. The molecule has 2 aliphatic rings. The Hall–Kier alpha value is -2.22. The van der Waals surface area contributed by atoms with Crippen LogP contribution in [0.5, 0.6) is 11.9 Å². The van der Waals surface area contributed by atoms with E-state index in [2.05, 4.69) is 19.9 Å². The minimum atomic E-state index is -0.815. The number of rotatable bonds is 5. The fourth-order valence-corrected chi connectivity index (χ4v) is 4.07. The third kappa shape index (κ3) is 3.02. The zero-order chi connectivity index (χ0) is 18.3. The Morgan fingerprint density at radius 3 is 3.15 bits per heavy atom. The van der Waals surface area contributed by atoms with Crippen LogP contribution < -0.4 is 15.0 Å². The van der Waals surface area contributed by atoms with E-state index in [4.69, 9.17) is 9.47 Å². The van der Waals surface area contributed by atoms with Gasteiger partial charge in [0.25, 0.3) is 11.6 Å². The van der Waals surface area contributed by atoms with E-state index in [1.165, 1.54) is 0 Å². The first-order chi connectivity index (χ1) is 12.5. The Kier molecular flexibility index (Phi) is 4.30. The van der Waals surface area contributed by atoms with Crippen molar-refractivity contribution in [3.63, 3.8) is 0 Å². The first kappa shape index (κ1) is 17.2. The number of H-pyrrole nitrogens is 1. The van der Waals surface area contributed by atoms with Crippen LogP contribution in [0.1, 0.15) is 33.1 Å². The first-order valence-electron chi connectivity index (χ1n) is 9.04. The van der Waals surface area contributed by atoms with Crippen molar-refractivity contribution in [2.24, 2.45) is 0 Å². The van der Waals surface area contributed by atoms with Gasteiger partial charge in [-0.25, -0.2) is 9.37 Å². The van der Waals surface area contributed by atoms with Gasteiger partial charge < -0.3 is 9.47 Å².